The second-order valence-corrected chi connectivity index (χ2v) is 5.01. The first-order chi connectivity index (χ1) is 8.66. The van der Waals surface area contributed by atoms with Crippen LogP contribution in [0.15, 0.2) is 47.7 Å². The zero-order valence-corrected chi connectivity index (χ0v) is 11.2. The van der Waals surface area contributed by atoms with Gasteiger partial charge in [0.05, 0.1) is 6.17 Å². The molecule has 0 aromatic rings. The molecule has 2 aliphatic carbocycles. The Labute approximate surface area is 110 Å². The Morgan fingerprint density at radius 3 is 2.83 bits per heavy atom. The summed E-state index contributed by atoms with van der Waals surface area (Å²) < 4.78 is 0. The predicted molar refractivity (Wildman–Crippen MR) is 76.9 cm³/mol. The zero-order chi connectivity index (χ0) is 13.0. The smallest absolute Gasteiger partial charge is 0.0741 e. The van der Waals surface area contributed by atoms with Gasteiger partial charge in [0.15, 0.2) is 0 Å². The van der Waals surface area contributed by atoms with Crippen molar-refractivity contribution in [2.24, 2.45) is 5.73 Å². The van der Waals surface area contributed by atoms with E-state index in [0.29, 0.717) is 0 Å². The van der Waals surface area contributed by atoms with Crippen LogP contribution in [0.2, 0.25) is 0 Å². The third-order valence-electron chi connectivity index (χ3n) is 3.42. The molecule has 0 amide bonds. The highest BCUT2D eigenvalue weighted by Crippen LogP contribution is 2.16. The van der Waals surface area contributed by atoms with E-state index in [4.69, 9.17) is 5.73 Å². The molecule has 98 valence electrons. The van der Waals surface area contributed by atoms with Crippen LogP contribution in [0.4, 0.5) is 0 Å². The summed E-state index contributed by atoms with van der Waals surface area (Å²) >= 11 is 0. The third kappa shape index (κ3) is 3.34. The molecule has 4 N–H and O–H groups in total. The highest BCUT2D eigenvalue weighted by atomic mass is 15.1. The summed E-state index contributed by atoms with van der Waals surface area (Å²) in [4.78, 5) is 0. The van der Waals surface area contributed by atoms with Crippen molar-refractivity contribution in [3.8, 4) is 0 Å². The highest BCUT2D eigenvalue weighted by molar-refractivity contribution is 5.27. The molecule has 0 aromatic heterocycles. The molecular weight excluding hydrogens is 222 g/mol. The van der Waals surface area contributed by atoms with Gasteiger partial charge in [-0.2, -0.15) is 0 Å². The van der Waals surface area contributed by atoms with Crippen molar-refractivity contribution in [3.05, 3.63) is 47.7 Å². The summed E-state index contributed by atoms with van der Waals surface area (Å²) in [6.07, 6.45) is 15.0. The van der Waals surface area contributed by atoms with Gasteiger partial charge in [-0.15, -0.1) is 0 Å². The summed E-state index contributed by atoms with van der Waals surface area (Å²) in [7, 11) is 0. The molecule has 0 saturated carbocycles. The first kappa shape index (κ1) is 13.1. The van der Waals surface area contributed by atoms with E-state index < -0.39 is 0 Å². The quantitative estimate of drug-likeness (QED) is 0.664. The molecule has 0 fully saturated rings. The lowest BCUT2D eigenvalue weighted by atomic mass is 10.0. The fourth-order valence-electron chi connectivity index (χ4n) is 2.35. The van der Waals surface area contributed by atoms with Gasteiger partial charge in [0.2, 0.25) is 0 Å². The standard InChI is InChI=1S/C15H23N3/c1-11-7-3-5-9-14(11)17-12(2)18-15-10-6-4-8-13(15)16/h3-4,6-8,10,12-13,15,17-18H,5,9,16H2,1-2H3. The van der Waals surface area contributed by atoms with Crippen LogP contribution in [0, 0.1) is 0 Å². The van der Waals surface area contributed by atoms with Crippen molar-refractivity contribution in [2.75, 3.05) is 0 Å². The molecule has 0 spiro atoms. The van der Waals surface area contributed by atoms with Gasteiger partial charge >= 0.3 is 0 Å². The number of hydrogen-bond donors (Lipinski definition) is 3. The van der Waals surface area contributed by atoms with Crippen LogP contribution in [0.3, 0.4) is 0 Å². The molecule has 0 radical (unpaired) electrons. The van der Waals surface area contributed by atoms with Crippen LogP contribution in [0.5, 0.6) is 0 Å². The van der Waals surface area contributed by atoms with Gasteiger partial charge < -0.3 is 11.1 Å². The monoisotopic (exact) mass is 245 g/mol. The molecule has 2 aliphatic rings. The molecule has 3 unspecified atom stereocenters. The lowest BCUT2D eigenvalue weighted by molar-refractivity contribution is 0.424. The summed E-state index contributed by atoms with van der Waals surface area (Å²) in [5, 5.41) is 7.04. The Morgan fingerprint density at radius 2 is 2.11 bits per heavy atom. The molecule has 0 bridgehead atoms. The number of hydrogen-bond acceptors (Lipinski definition) is 3. The lowest BCUT2D eigenvalue weighted by Gasteiger charge is -2.28. The van der Waals surface area contributed by atoms with E-state index in [1.54, 1.807) is 0 Å². The summed E-state index contributed by atoms with van der Waals surface area (Å²) in [5.41, 5.74) is 8.70. The maximum atomic E-state index is 6.04. The Morgan fingerprint density at radius 1 is 1.33 bits per heavy atom. The predicted octanol–water partition coefficient (Wildman–Crippen LogP) is 1.96. The molecule has 0 aliphatic heterocycles. The van der Waals surface area contributed by atoms with Crippen LogP contribution in [-0.4, -0.2) is 18.2 Å². The van der Waals surface area contributed by atoms with Crippen molar-refractivity contribution in [2.45, 2.75) is 44.9 Å². The van der Waals surface area contributed by atoms with Gasteiger partial charge in [-0.3, -0.25) is 5.32 Å². The Kier molecular flexibility index (Phi) is 4.39. The second kappa shape index (κ2) is 6.03. The molecule has 0 saturated heterocycles. The van der Waals surface area contributed by atoms with Crippen molar-refractivity contribution < 1.29 is 0 Å². The number of nitrogens with one attached hydrogen (secondary N) is 2. The topological polar surface area (TPSA) is 50.1 Å². The van der Waals surface area contributed by atoms with Crippen LogP contribution < -0.4 is 16.4 Å². The minimum atomic E-state index is 0.0561. The van der Waals surface area contributed by atoms with Crippen LogP contribution >= 0.6 is 0 Å². The van der Waals surface area contributed by atoms with Crippen molar-refractivity contribution in [1.29, 1.82) is 0 Å². The minimum absolute atomic E-state index is 0.0561. The maximum Gasteiger partial charge on any atom is 0.0741 e. The minimum Gasteiger partial charge on any atom is -0.373 e. The molecule has 3 nitrogen and oxygen atoms in total. The van der Waals surface area contributed by atoms with E-state index in [9.17, 15) is 0 Å². The maximum absolute atomic E-state index is 6.04. The largest absolute Gasteiger partial charge is 0.373 e. The van der Waals surface area contributed by atoms with Crippen molar-refractivity contribution >= 4 is 0 Å². The third-order valence-corrected chi connectivity index (χ3v) is 3.42. The van der Waals surface area contributed by atoms with Crippen molar-refractivity contribution in [3.63, 3.8) is 0 Å². The summed E-state index contributed by atoms with van der Waals surface area (Å²) in [5.74, 6) is 0. The van der Waals surface area contributed by atoms with E-state index in [0.717, 1.165) is 12.8 Å². The van der Waals surface area contributed by atoms with E-state index in [-0.39, 0.29) is 18.2 Å². The first-order valence-corrected chi connectivity index (χ1v) is 6.66. The van der Waals surface area contributed by atoms with Gasteiger partial charge in [0, 0.05) is 17.8 Å². The molecule has 2 rings (SSSR count). The molecule has 0 heterocycles. The van der Waals surface area contributed by atoms with Crippen LogP contribution in [0.1, 0.15) is 26.7 Å². The van der Waals surface area contributed by atoms with E-state index in [1.807, 2.05) is 18.2 Å². The van der Waals surface area contributed by atoms with E-state index >= 15 is 0 Å². The van der Waals surface area contributed by atoms with Gasteiger partial charge in [-0.05, 0) is 32.3 Å². The van der Waals surface area contributed by atoms with Crippen molar-refractivity contribution in [1.82, 2.24) is 10.6 Å². The number of allylic oxidation sites excluding steroid dienone is 6. The first-order valence-electron chi connectivity index (χ1n) is 6.66. The summed E-state index contributed by atoms with van der Waals surface area (Å²) in [6, 6.07) is 0.262. The molecule has 3 heteroatoms. The van der Waals surface area contributed by atoms with Gasteiger partial charge in [0.1, 0.15) is 0 Å². The van der Waals surface area contributed by atoms with Gasteiger partial charge in [0.25, 0.3) is 0 Å². The Bertz CT molecular complexity index is 404. The summed E-state index contributed by atoms with van der Waals surface area (Å²) in [6.45, 7) is 4.29. The zero-order valence-electron chi connectivity index (χ0n) is 11.2. The van der Waals surface area contributed by atoms with E-state index in [2.05, 4.69) is 42.7 Å². The average Bonchev–Trinajstić information content (AvgIpc) is 2.35. The number of rotatable bonds is 4. The fraction of sp³-hybridized carbons (Fsp3) is 0.467. The molecular formula is C15H23N3. The normalized spacial score (nSPS) is 28.6. The SMILES string of the molecule is CC1=C(NC(C)NC2C=CC=CC2N)CCC=C1. The van der Waals surface area contributed by atoms with Crippen LogP contribution in [0.25, 0.3) is 0 Å². The number of nitrogens with two attached hydrogens (primary N) is 1. The lowest BCUT2D eigenvalue weighted by Crippen LogP contribution is -2.51. The fourth-order valence-corrected chi connectivity index (χ4v) is 2.35. The van der Waals surface area contributed by atoms with Gasteiger partial charge in [-0.1, -0.05) is 36.5 Å². The average molecular weight is 245 g/mol. The van der Waals surface area contributed by atoms with E-state index in [1.165, 1.54) is 11.3 Å². The second-order valence-electron chi connectivity index (χ2n) is 5.01. The van der Waals surface area contributed by atoms with Gasteiger partial charge in [-0.25, -0.2) is 0 Å². The molecule has 0 aromatic carbocycles. The Balaban J connectivity index is 1.89. The van der Waals surface area contributed by atoms with Crippen LogP contribution in [-0.2, 0) is 0 Å². The molecule has 3 atom stereocenters. The molecule has 18 heavy (non-hydrogen) atoms. The highest BCUT2D eigenvalue weighted by Gasteiger charge is 2.17. The Hall–Kier alpha value is -1.32.